The summed E-state index contributed by atoms with van der Waals surface area (Å²) >= 11 is 0. The van der Waals surface area contributed by atoms with E-state index in [9.17, 15) is 0 Å². The van der Waals surface area contributed by atoms with Gasteiger partial charge in [0.1, 0.15) is 0 Å². The number of unbranched alkanes of at least 4 members (excludes halogenated alkanes) is 8. The van der Waals surface area contributed by atoms with Gasteiger partial charge in [0.15, 0.2) is 0 Å². The van der Waals surface area contributed by atoms with E-state index in [1.807, 2.05) is 48.6 Å². The Hall–Kier alpha value is -3.56. The highest BCUT2D eigenvalue weighted by Gasteiger charge is 2.01. The first-order chi connectivity index (χ1) is 20.7. The van der Waals surface area contributed by atoms with Crippen LogP contribution in [0.25, 0.3) is 46.4 Å². The van der Waals surface area contributed by atoms with Gasteiger partial charge in [0.2, 0.25) is 0 Å². The van der Waals surface area contributed by atoms with Gasteiger partial charge in [-0.3, -0.25) is 0 Å². The van der Waals surface area contributed by atoms with Gasteiger partial charge in [-0.15, -0.1) is 0 Å². The summed E-state index contributed by atoms with van der Waals surface area (Å²) in [5.74, 6) is 0. The van der Waals surface area contributed by atoms with Crippen LogP contribution in [0.5, 0.6) is 0 Å². The molecule has 0 spiro atoms. The average Bonchev–Trinajstić information content (AvgIpc) is 3.80. The molecule has 8 heteroatoms. The van der Waals surface area contributed by atoms with E-state index in [0.29, 0.717) is 0 Å². The summed E-state index contributed by atoms with van der Waals surface area (Å²) in [4.78, 5) is 16.0. The molecule has 8 bridgehead atoms. The molecule has 6 N–H and O–H groups in total. The Kier molecular flexibility index (Phi) is 13.5. The second-order valence-electron chi connectivity index (χ2n) is 10.8. The van der Waals surface area contributed by atoms with Gasteiger partial charge in [0.25, 0.3) is 0 Å². The number of aromatic nitrogens is 4. The molecule has 224 valence electrons. The van der Waals surface area contributed by atoms with Crippen LogP contribution in [0.4, 0.5) is 0 Å². The van der Waals surface area contributed by atoms with E-state index in [4.69, 9.17) is 0 Å². The summed E-state index contributed by atoms with van der Waals surface area (Å²) in [6.45, 7) is 6.49. The number of nitrogens with one attached hydrogen (secondary N) is 6. The zero-order valence-corrected chi connectivity index (χ0v) is 25.3. The number of fused-ring (bicyclic) bond motifs is 8. The van der Waals surface area contributed by atoms with Gasteiger partial charge in [0.05, 0.1) is 22.8 Å². The maximum Gasteiger partial charge on any atom is 0.0658 e. The number of H-pyrrole nitrogens is 2. The van der Waals surface area contributed by atoms with Crippen molar-refractivity contribution in [3.63, 3.8) is 0 Å². The molecule has 42 heavy (non-hydrogen) atoms. The predicted octanol–water partition coefficient (Wildman–Crippen LogP) is 7.69. The number of nitrogens with zero attached hydrogens (tertiary/aromatic N) is 2. The normalized spacial score (nSPS) is 12.0. The molecule has 3 aromatic rings. The molecule has 5 rings (SSSR count). The molecular formula is C34H48N8. The van der Waals surface area contributed by atoms with Crippen LogP contribution in [-0.2, 0) is 0 Å². The van der Waals surface area contributed by atoms with Crippen LogP contribution < -0.4 is 21.9 Å². The quantitative estimate of drug-likeness (QED) is 0.0571. The van der Waals surface area contributed by atoms with E-state index in [1.54, 1.807) is 0 Å². The van der Waals surface area contributed by atoms with Crippen molar-refractivity contribution in [2.75, 3.05) is 13.1 Å². The lowest BCUT2D eigenvalue weighted by atomic mass is 10.1. The molecule has 0 radical (unpaired) electrons. The molecular weight excluding hydrogens is 520 g/mol. The average molecular weight is 569 g/mol. The minimum absolute atomic E-state index is 0.939. The molecule has 8 nitrogen and oxygen atoms in total. The zero-order chi connectivity index (χ0) is 29.2. The first kappa shape index (κ1) is 31.4. The highest BCUT2D eigenvalue weighted by molar-refractivity contribution is 5.77. The first-order valence-electron chi connectivity index (χ1n) is 15.7. The first-order valence-corrected chi connectivity index (χ1v) is 15.7. The van der Waals surface area contributed by atoms with Crippen LogP contribution in [0.3, 0.4) is 0 Å². The van der Waals surface area contributed by atoms with Crippen molar-refractivity contribution >= 4 is 46.4 Å². The second kappa shape index (κ2) is 18.1. The highest BCUT2D eigenvalue weighted by Crippen LogP contribution is 2.17. The third kappa shape index (κ3) is 11.4. The van der Waals surface area contributed by atoms with Gasteiger partial charge in [-0.1, -0.05) is 65.2 Å². The number of hydrogen-bond donors (Lipinski definition) is 6. The topological polar surface area (TPSA) is 105 Å². The molecule has 0 unspecified atom stereocenters. The van der Waals surface area contributed by atoms with Crippen LogP contribution in [-0.4, -0.2) is 33.0 Å². The smallest absolute Gasteiger partial charge is 0.0658 e. The molecule has 0 atom stereocenters. The van der Waals surface area contributed by atoms with Gasteiger partial charge in [-0.05, 0) is 85.7 Å². The van der Waals surface area contributed by atoms with Crippen LogP contribution in [0.15, 0.2) is 48.5 Å². The van der Waals surface area contributed by atoms with Crippen molar-refractivity contribution in [3.05, 3.63) is 71.3 Å². The lowest BCUT2D eigenvalue weighted by Gasteiger charge is -2.09. The Balaban J connectivity index is 0.000000204. The lowest BCUT2D eigenvalue weighted by Crippen LogP contribution is -2.51. The molecule has 2 aliphatic heterocycles. The van der Waals surface area contributed by atoms with E-state index in [0.717, 1.165) is 57.9 Å². The summed E-state index contributed by atoms with van der Waals surface area (Å²) in [5.41, 5.74) is 20.0. The van der Waals surface area contributed by atoms with E-state index < -0.39 is 0 Å². The molecule has 0 fully saturated rings. The van der Waals surface area contributed by atoms with Gasteiger partial charge in [0, 0.05) is 35.2 Å². The SMILES string of the molecule is C1=Cc2cc3ccc(cc4nc(cc5ccc(cc1n2)[nH]5)C=C4)[nH]3.CCCCCCCCCCNNNNCCCC. The predicted molar refractivity (Wildman–Crippen MR) is 179 cm³/mol. The molecule has 0 saturated carbocycles. The number of aromatic amines is 2. The maximum absolute atomic E-state index is 4.63. The fourth-order valence-corrected chi connectivity index (χ4v) is 4.77. The van der Waals surface area contributed by atoms with Gasteiger partial charge in [-0.25, -0.2) is 20.8 Å². The van der Waals surface area contributed by atoms with E-state index in [2.05, 4.69) is 80.0 Å². The minimum Gasteiger partial charge on any atom is -0.355 e. The molecule has 0 saturated heterocycles. The molecule has 0 aliphatic carbocycles. The van der Waals surface area contributed by atoms with Crippen molar-refractivity contribution in [2.24, 2.45) is 0 Å². The van der Waals surface area contributed by atoms with Crippen LogP contribution in [0.2, 0.25) is 0 Å². The van der Waals surface area contributed by atoms with Crippen molar-refractivity contribution in [1.82, 2.24) is 41.9 Å². The highest BCUT2D eigenvalue weighted by atomic mass is 15.7. The molecule has 5 heterocycles. The standard InChI is InChI=1S/C20H14N4.C14H34N4/c1-2-14-10-16-5-6-18(23-16)12-20-8-7-19(24-20)11-17-4-3-15(22-17)9-13(1)21-14;1-3-5-7-8-9-10-11-12-14-16-18-17-15-13-6-4-2/h1-12,21,24H;15-18H,3-14H2,1-2H3. The van der Waals surface area contributed by atoms with Gasteiger partial charge < -0.3 is 9.97 Å². The fraction of sp³-hybridized carbons (Fsp3) is 0.412. The summed E-state index contributed by atoms with van der Waals surface area (Å²) in [6.07, 6.45) is 21.5. The van der Waals surface area contributed by atoms with Crippen LogP contribution >= 0.6 is 0 Å². The number of hydrazine groups is 3. The minimum atomic E-state index is 0.939. The third-order valence-electron chi connectivity index (χ3n) is 7.09. The van der Waals surface area contributed by atoms with Gasteiger partial charge >= 0.3 is 0 Å². The Morgan fingerprint density at radius 1 is 0.476 bits per heavy atom. The Bertz CT molecular complexity index is 1240. The van der Waals surface area contributed by atoms with Crippen molar-refractivity contribution in [2.45, 2.75) is 78.1 Å². The molecule has 3 aromatic heterocycles. The van der Waals surface area contributed by atoms with Crippen LogP contribution in [0.1, 0.15) is 101 Å². The van der Waals surface area contributed by atoms with Crippen molar-refractivity contribution in [1.29, 1.82) is 0 Å². The summed E-state index contributed by atoms with van der Waals surface area (Å²) in [6, 6.07) is 16.4. The number of rotatable bonds is 15. The second-order valence-corrected chi connectivity index (χ2v) is 10.8. The molecule has 0 amide bonds. The van der Waals surface area contributed by atoms with E-state index >= 15 is 0 Å². The zero-order valence-electron chi connectivity index (χ0n) is 25.3. The van der Waals surface area contributed by atoms with Crippen molar-refractivity contribution in [3.8, 4) is 0 Å². The van der Waals surface area contributed by atoms with Gasteiger partial charge in [-0.2, -0.15) is 11.1 Å². The summed E-state index contributed by atoms with van der Waals surface area (Å²) < 4.78 is 0. The van der Waals surface area contributed by atoms with E-state index in [1.165, 1.54) is 64.2 Å². The third-order valence-corrected chi connectivity index (χ3v) is 7.09. The lowest BCUT2D eigenvalue weighted by molar-refractivity contribution is 0.362. The molecule has 2 aliphatic rings. The molecule has 0 aromatic carbocycles. The Labute approximate surface area is 250 Å². The fourth-order valence-electron chi connectivity index (χ4n) is 4.77. The summed E-state index contributed by atoms with van der Waals surface area (Å²) in [5, 5.41) is 0. The van der Waals surface area contributed by atoms with Crippen molar-refractivity contribution < 1.29 is 0 Å². The maximum atomic E-state index is 4.63. The largest absolute Gasteiger partial charge is 0.355 e. The number of hydrogen-bond acceptors (Lipinski definition) is 6. The van der Waals surface area contributed by atoms with E-state index in [-0.39, 0.29) is 0 Å². The Morgan fingerprint density at radius 3 is 1.24 bits per heavy atom. The summed E-state index contributed by atoms with van der Waals surface area (Å²) in [7, 11) is 0. The monoisotopic (exact) mass is 568 g/mol. The Morgan fingerprint density at radius 2 is 0.833 bits per heavy atom. The van der Waals surface area contributed by atoms with Crippen LogP contribution in [0, 0.1) is 0 Å².